The molecule has 0 bridgehead atoms. The average Bonchev–Trinajstić information content (AvgIpc) is 3.29. The normalized spacial score (nSPS) is 12.7. The fourth-order valence-corrected chi connectivity index (χ4v) is 5.57. The lowest BCUT2D eigenvalue weighted by atomic mass is 9.95. The first kappa shape index (κ1) is 27.0. The van der Waals surface area contributed by atoms with Crippen molar-refractivity contribution in [1.82, 2.24) is 0 Å². The summed E-state index contributed by atoms with van der Waals surface area (Å²) in [5.41, 5.74) is 4.07. The molecule has 0 atom stereocenters. The summed E-state index contributed by atoms with van der Waals surface area (Å²) in [6, 6.07) is 15.3. The van der Waals surface area contributed by atoms with Gasteiger partial charge in [0.2, 0.25) is 0 Å². The van der Waals surface area contributed by atoms with E-state index in [-0.39, 0.29) is 12.2 Å². The van der Waals surface area contributed by atoms with Crippen molar-refractivity contribution in [3.8, 4) is 17.6 Å². The molecule has 7 nitrogen and oxygen atoms in total. The smallest absolute Gasteiger partial charge is 0.341 e. The third-order valence-electron chi connectivity index (χ3n) is 6.26. The molecule has 196 valence electrons. The van der Waals surface area contributed by atoms with E-state index < -0.39 is 11.9 Å². The number of ether oxygens (including phenoxy) is 3. The van der Waals surface area contributed by atoms with E-state index in [1.165, 1.54) is 30.1 Å². The van der Waals surface area contributed by atoms with Crippen LogP contribution in [0.15, 0.2) is 48.0 Å². The summed E-state index contributed by atoms with van der Waals surface area (Å²) in [5.74, 6) is 0.00137. The highest BCUT2D eigenvalue weighted by Crippen LogP contribution is 2.39. The van der Waals surface area contributed by atoms with Gasteiger partial charge in [-0.05, 0) is 74.4 Å². The predicted molar refractivity (Wildman–Crippen MR) is 148 cm³/mol. The van der Waals surface area contributed by atoms with E-state index in [0.29, 0.717) is 34.2 Å². The molecule has 1 N–H and O–H groups in total. The van der Waals surface area contributed by atoms with Gasteiger partial charge >= 0.3 is 5.97 Å². The Morgan fingerprint density at radius 3 is 2.58 bits per heavy atom. The Morgan fingerprint density at radius 2 is 1.87 bits per heavy atom. The van der Waals surface area contributed by atoms with Crippen molar-refractivity contribution >= 4 is 34.3 Å². The monoisotopic (exact) mass is 530 g/mol. The Labute approximate surface area is 226 Å². The van der Waals surface area contributed by atoms with Gasteiger partial charge in [-0.25, -0.2) is 4.79 Å². The van der Waals surface area contributed by atoms with Crippen LogP contribution in [0.1, 0.15) is 57.3 Å². The second-order valence-corrected chi connectivity index (χ2v) is 10.0. The number of aryl methyl sites for hydroxylation is 2. The van der Waals surface area contributed by atoms with Crippen LogP contribution in [0.2, 0.25) is 0 Å². The minimum absolute atomic E-state index is 0.0958. The minimum atomic E-state index is -0.588. The molecule has 1 aliphatic carbocycles. The van der Waals surface area contributed by atoms with Gasteiger partial charge in [-0.15, -0.1) is 11.3 Å². The van der Waals surface area contributed by atoms with Crippen molar-refractivity contribution in [3.05, 3.63) is 80.7 Å². The molecular formula is C30H30N2O5S. The number of nitrogens with one attached hydrogen (secondary N) is 1. The minimum Gasteiger partial charge on any atom is -0.493 e. The molecule has 2 aromatic carbocycles. The summed E-state index contributed by atoms with van der Waals surface area (Å²) in [7, 11) is 1.54. The number of anilines is 1. The maximum absolute atomic E-state index is 13.1. The summed E-state index contributed by atoms with van der Waals surface area (Å²) < 4.78 is 16.7. The van der Waals surface area contributed by atoms with E-state index in [0.717, 1.165) is 41.7 Å². The molecule has 3 aromatic rings. The van der Waals surface area contributed by atoms with E-state index in [1.54, 1.807) is 25.1 Å². The summed E-state index contributed by atoms with van der Waals surface area (Å²) in [6.07, 6.45) is 5.15. The quantitative estimate of drug-likeness (QED) is 0.200. The van der Waals surface area contributed by atoms with E-state index in [1.807, 2.05) is 37.3 Å². The van der Waals surface area contributed by atoms with Crippen molar-refractivity contribution in [3.63, 3.8) is 0 Å². The molecule has 1 aromatic heterocycles. The second kappa shape index (κ2) is 12.4. The molecule has 4 rings (SSSR count). The van der Waals surface area contributed by atoms with Gasteiger partial charge in [-0.1, -0.05) is 35.9 Å². The Hall–Kier alpha value is -4.09. The van der Waals surface area contributed by atoms with Gasteiger partial charge in [0.1, 0.15) is 23.3 Å². The van der Waals surface area contributed by atoms with Crippen molar-refractivity contribution in [1.29, 1.82) is 5.26 Å². The molecule has 0 spiro atoms. The first-order valence-electron chi connectivity index (χ1n) is 12.5. The number of benzene rings is 2. The number of fused-ring (bicyclic) bond motifs is 1. The first-order chi connectivity index (χ1) is 18.4. The number of thiophene rings is 1. The molecule has 0 unspecified atom stereocenters. The van der Waals surface area contributed by atoms with Gasteiger partial charge in [0, 0.05) is 4.88 Å². The van der Waals surface area contributed by atoms with Crippen LogP contribution in [0.25, 0.3) is 6.08 Å². The molecule has 0 saturated heterocycles. The number of esters is 1. The highest BCUT2D eigenvalue weighted by Gasteiger charge is 2.27. The number of carbonyl (C=O) groups excluding carboxylic acids is 2. The molecule has 0 radical (unpaired) electrons. The first-order valence-corrected chi connectivity index (χ1v) is 13.4. The lowest BCUT2D eigenvalue weighted by Crippen LogP contribution is -2.16. The Balaban J connectivity index is 1.53. The molecule has 1 aliphatic rings. The van der Waals surface area contributed by atoms with E-state index >= 15 is 0 Å². The molecular weight excluding hydrogens is 500 g/mol. The number of hydrogen-bond acceptors (Lipinski definition) is 7. The number of amides is 1. The van der Waals surface area contributed by atoms with Crippen molar-refractivity contribution in [2.24, 2.45) is 0 Å². The number of carbonyl (C=O) groups is 2. The van der Waals surface area contributed by atoms with Crippen LogP contribution in [0, 0.1) is 18.3 Å². The van der Waals surface area contributed by atoms with Crippen LogP contribution in [-0.4, -0.2) is 25.6 Å². The van der Waals surface area contributed by atoms with Crippen molar-refractivity contribution in [2.45, 2.75) is 46.1 Å². The highest BCUT2D eigenvalue weighted by atomic mass is 32.1. The van der Waals surface area contributed by atoms with Gasteiger partial charge in [0.15, 0.2) is 11.5 Å². The molecule has 0 aliphatic heterocycles. The molecule has 0 fully saturated rings. The van der Waals surface area contributed by atoms with E-state index in [2.05, 4.69) is 5.32 Å². The summed E-state index contributed by atoms with van der Waals surface area (Å²) in [4.78, 5) is 26.9. The Bertz CT molecular complexity index is 1400. The molecule has 1 heterocycles. The maximum Gasteiger partial charge on any atom is 0.341 e. The van der Waals surface area contributed by atoms with Crippen molar-refractivity contribution < 1.29 is 23.8 Å². The molecule has 1 amide bonds. The molecule has 8 heteroatoms. The van der Waals surface area contributed by atoms with Crippen LogP contribution < -0.4 is 14.8 Å². The standard InChI is InChI=1S/C30H30N2O5S/c1-4-36-30(34)27-23-7-5-6-8-26(23)38-29(27)32-28(33)22(17-31)15-21-13-14-24(25(16-21)35-3)37-18-20-11-9-19(2)10-12-20/h9-16H,4-8,18H2,1-3H3,(H,32,33)/b22-15+. The number of nitrogens with zero attached hydrogens (tertiary/aromatic N) is 1. The van der Waals surface area contributed by atoms with E-state index in [9.17, 15) is 14.9 Å². The van der Waals surface area contributed by atoms with Crippen LogP contribution in [-0.2, 0) is 29.0 Å². The average molecular weight is 531 g/mol. The number of nitriles is 1. The SMILES string of the molecule is CCOC(=O)c1c(NC(=O)/C(C#N)=C/c2ccc(OCc3ccc(C)cc3)c(OC)c2)sc2c1CCCC2. The topological polar surface area (TPSA) is 97.7 Å². The third-order valence-corrected chi connectivity index (χ3v) is 7.46. The largest absolute Gasteiger partial charge is 0.493 e. The lowest BCUT2D eigenvalue weighted by Gasteiger charge is -2.12. The van der Waals surface area contributed by atoms with Gasteiger partial charge in [0.05, 0.1) is 19.3 Å². The number of rotatable bonds is 9. The van der Waals surface area contributed by atoms with Gasteiger partial charge in [-0.3, -0.25) is 4.79 Å². The van der Waals surface area contributed by atoms with Crippen LogP contribution in [0.4, 0.5) is 5.00 Å². The summed E-state index contributed by atoms with van der Waals surface area (Å²) >= 11 is 1.39. The van der Waals surface area contributed by atoms with E-state index in [4.69, 9.17) is 14.2 Å². The number of methoxy groups -OCH3 is 1. The van der Waals surface area contributed by atoms with Gasteiger partial charge < -0.3 is 19.5 Å². The number of hydrogen-bond donors (Lipinski definition) is 1. The fourth-order valence-electron chi connectivity index (χ4n) is 4.30. The molecule has 38 heavy (non-hydrogen) atoms. The Morgan fingerprint density at radius 1 is 1.11 bits per heavy atom. The van der Waals surface area contributed by atoms with Crippen LogP contribution in [0.3, 0.4) is 0 Å². The fraction of sp³-hybridized carbons (Fsp3) is 0.300. The maximum atomic E-state index is 13.1. The second-order valence-electron chi connectivity index (χ2n) is 8.94. The zero-order valence-electron chi connectivity index (χ0n) is 21.8. The Kier molecular flexibility index (Phi) is 8.82. The van der Waals surface area contributed by atoms with Crippen molar-refractivity contribution in [2.75, 3.05) is 19.0 Å². The highest BCUT2D eigenvalue weighted by molar-refractivity contribution is 7.17. The van der Waals surface area contributed by atoms with Crippen LogP contribution in [0.5, 0.6) is 11.5 Å². The third kappa shape index (κ3) is 6.24. The molecule has 0 saturated carbocycles. The zero-order chi connectivity index (χ0) is 27.1. The summed E-state index contributed by atoms with van der Waals surface area (Å²) in [6.45, 7) is 4.40. The van der Waals surface area contributed by atoms with Crippen LogP contribution >= 0.6 is 11.3 Å². The lowest BCUT2D eigenvalue weighted by molar-refractivity contribution is -0.112. The predicted octanol–water partition coefficient (Wildman–Crippen LogP) is 6.25. The van der Waals surface area contributed by atoms with Gasteiger partial charge in [-0.2, -0.15) is 5.26 Å². The zero-order valence-corrected chi connectivity index (χ0v) is 22.6. The summed E-state index contributed by atoms with van der Waals surface area (Å²) in [5, 5.41) is 13.0. The van der Waals surface area contributed by atoms with Gasteiger partial charge in [0.25, 0.3) is 5.91 Å².